The van der Waals surface area contributed by atoms with Crippen LogP contribution in [-0.4, -0.2) is 11.1 Å². The molecule has 0 saturated carbocycles. The fraction of sp³-hybridized carbons (Fsp3) is 0.0714. The molecular formula is C14H9Br2FO3. The van der Waals surface area contributed by atoms with Crippen molar-refractivity contribution < 1.29 is 19.0 Å². The second-order valence-electron chi connectivity index (χ2n) is 3.97. The van der Waals surface area contributed by atoms with Gasteiger partial charge in [-0.25, -0.2) is 9.18 Å². The zero-order valence-electron chi connectivity index (χ0n) is 10.1. The van der Waals surface area contributed by atoms with Gasteiger partial charge in [0.1, 0.15) is 18.2 Å². The Bertz CT molecular complexity index is 659. The lowest BCUT2D eigenvalue weighted by molar-refractivity contribution is 0.0696. The molecule has 104 valence electrons. The summed E-state index contributed by atoms with van der Waals surface area (Å²) in [5.41, 5.74) is 0.966. The molecule has 20 heavy (non-hydrogen) atoms. The molecule has 0 unspecified atom stereocenters. The molecule has 0 radical (unpaired) electrons. The first-order valence-electron chi connectivity index (χ1n) is 5.57. The molecule has 2 aromatic rings. The number of rotatable bonds is 4. The van der Waals surface area contributed by atoms with Crippen LogP contribution in [-0.2, 0) is 6.61 Å². The fourth-order valence-corrected chi connectivity index (χ4v) is 2.50. The van der Waals surface area contributed by atoms with Crippen LogP contribution in [0.15, 0.2) is 45.3 Å². The molecule has 0 heterocycles. The smallest absolute Gasteiger partial charge is 0.335 e. The van der Waals surface area contributed by atoms with Gasteiger partial charge in [0.2, 0.25) is 0 Å². The van der Waals surface area contributed by atoms with E-state index in [1.54, 1.807) is 12.1 Å². The van der Waals surface area contributed by atoms with Gasteiger partial charge in [0, 0.05) is 10.0 Å². The minimum Gasteiger partial charge on any atom is -0.488 e. The van der Waals surface area contributed by atoms with Crippen molar-refractivity contribution in [2.24, 2.45) is 0 Å². The molecule has 0 amide bonds. The van der Waals surface area contributed by atoms with Crippen LogP contribution in [0.3, 0.4) is 0 Å². The monoisotopic (exact) mass is 402 g/mol. The number of hydrogen-bond acceptors (Lipinski definition) is 2. The normalized spacial score (nSPS) is 10.3. The molecule has 0 aliphatic heterocycles. The predicted octanol–water partition coefficient (Wildman–Crippen LogP) is 4.63. The van der Waals surface area contributed by atoms with Gasteiger partial charge in [-0.15, -0.1) is 0 Å². The summed E-state index contributed by atoms with van der Waals surface area (Å²) in [7, 11) is 0. The summed E-state index contributed by atoms with van der Waals surface area (Å²) in [6.45, 7) is 0.242. The number of ether oxygens (including phenoxy) is 1. The standard InChI is InChI=1S/C14H9Br2FO3/c15-11-6-10(17)3-1-9(11)7-20-13-4-2-8(14(18)19)5-12(13)16/h1-6H,7H2,(H,18,19). The Labute approximate surface area is 131 Å². The first-order chi connectivity index (χ1) is 9.47. The minimum absolute atomic E-state index is 0.173. The number of hydrogen-bond donors (Lipinski definition) is 1. The van der Waals surface area contributed by atoms with E-state index in [1.165, 1.54) is 24.3 Å². The lowest BCUT2D eigenvalue weighted by Crippen LogP contribution is -2.00. The summed E-state index contributed by atoms with van der Waals surface area (Å²) >= 11 is 6.52. The summed E-state index contributed by atoms with van der Waals surface area (Å²) in [5.74, 6) is -0.808. The van der Waals surface area contributed by atoms with E-state index in [9.17, 15) is 9.18 Å². The Morgan fingerprint density at radius 3 is 2.50 bits per heavy atom. The van der Waals surface area contributed by atoms with Crippen LogP contribution in [0.4, 0.5) is 4.39 Å². The molecule has 0 fully saturated rings. The number of carboxylic acids is 1. The highest BCUT2D eigenvalue weighted by molar-refractivity contribution is 9.10. The van der Waals surface area contributed by atoms with E-state index in [0.29, 0.717) is 14.7 Å². The van der Waals surface area contributed by atoms with Crippen molar-refractivity contribution in [3.05, 3.63) is 62.3 Å². The first kappa shape index (κ1) is 15.0. The largest absolute Gasteiger partial charge is 0.488 e. The van der Waals surface area contributed by atoms with Crippen molar-refractivity contribution in [2.75, 3.05) is 0 Å². The van der Waals surface area contributed by atoms with Gasteiger partial charge in [-0.2, -0.15) is 0 Å². The Balaban J connectivity index is 2.13. The van der Waals surface area contributed by atoms with Gasteiger partial charge >= 0.3 is 5.97 Å². The second-order valence-corrected chi connectivity index (χ2v) is 5.68. The highest BCUT2D eigenvalue weighted by Crippen LogP contribution is 2.28. The van der Waals surface area contributed by atoms with Crippen LogP contribution in [0.1, 0.15) is 15.9 Å². The highest BCUT2D eigenvalue weighted by atomic mass is 79.9. The summed E-state index contributed by atoms with van der Waals surface area (Å²) in [6, 6.07) is 8.84. The molecule has 1 N–H and O–H groups in total. The van der Waals surface area contributed by atoms with Gasteiger partial charge in [0.15, 0.2) is 0 Å². The van der Waals surface area contributed by atoms with Gasteiger partial charge in [0.25, 0.3) is 0 Å². The Morgan fingerprint density at radius 2 is 1.90 bits per heavy atom. The molecule has 0 saturated heterocycles. The predicted molar refractivity (Wildman–Crippen MR) is 79.5 cm³/mol. The van der Waals surface area contributed by atoms with Crippen molar-refractivity contribution in [1.29, 1.82) is 0 Å². The number of aromatic carboxylic acids is 1. The van der Waals surface area contributed by atoms with E-state index >= 15 is 0 Å². The molecule has 2 aromatic carbocycles. The number of carboxylic acid groups (broad SMARTS) is 1. The zero-order chi connectivity index (χ0) is 14.7. The van der Waals surface area contributed by atoms with Crippen LogP contribution in [0, 0.1) is 5.82 Å². The van der Waals surface area contributed by atoms with Gasteiger partial charge in [0.05, 0.1) is 10.0 Å². The maximum Gasteiger partial charge on any atom is 0.335 e. The number of carbonyl (C=O) groups is 1. The molecule has 0 aromatic heterocycles. The molecule has 2 rings (SSSR count). The van der Waals surface area contributed by atoms with Crippen LogP contribution < -0.4 is 4.74 Å². The molecule has 3 nitrogen and oxygen atoms in total. The quantitative estimate of drug-likeness (QED) is 0.809. The van der Waals surface area contributed by atoms with Gasteiger partial charge < -0.3 is 9.84 Å². The summed E-state index contributed by atoms with van der Waals surface area (Å²) in [4.78, 5) is 10.8. The molecule has 6 heteroatoms. The summed E-state index contributed by atoms with van der Waals surface area (Å²) in [5, 5.41) is 8.87. The average molecular weight is 404 g/mol. The first-order valence-corrected chi connectivity index (χ1v) is 7.15. The Kier molecular flexibility index (Phi) is 4.77. The third-order valence-electron chi connectivity index (χ3n) is 2.58. The highest BCUT2D eigenvalue weighted by Gasteiger charge is 2.09. The maximum atomic E-state index is 13.0. The van der Waals surface area contributed by atoms with E-state index in [0.717, 1.165) is 5.56 Å². The lowest BCUT2D eigenvalue weighted by Gasteiger charge is -2.10. The van der Waals surface area contributed by atoms with Crippen LogP contribution >= 0.6 is 31.9 Å². The maximum absolute atomic E-state index is 13.0. The summed E-state index contributed by atoms with van der Waals surface area (Å²) < 4.78 is 19.7. The molecular weight excluding hydrogens is 395 g/mol. The summed E-state index contributed by atoms with van der Waals surface area (Å²) in [6.07, 6.45) is 0. The molecule has 0 spiro atoms. The van der Waals surface area contributed by atoms with E-state index in [4.69, 9.17) is 9.84 Å². The van der Waals surface area contributed by atoms with Crippen molar-refractivity contribution >= 4 is 37.8 Å². The molecule has 0 aliphatic rings. The van der Waals surface area contributed by atoms with Crippen molar-refractivity contribution in [1.82, 2.24) is 0 Å². The molecule has 0 atom stereocenters. The van der Waals surface area contributed by atoms with E-state index in [1.807, 2.05) is 0 Å². The third-order valence-corrected chi connectivity index (χ3v) is 3.94. The van der Waals surface area contributed by atoms with Gasteiger partial charge in [-0.05, 0) is 46.3 Å². The second kappa shape index (κ2) is 6.37. The minimum atomic E-state index is -1.00. The van der Waals surface area contributed by atoms with E-state index < -0.39 is 5.97 Å². The van der Waals surface area contributed by atoms with Gasteiger partial charge in [-0.1, -0.05) is 22.0 Å². The van der Waals surface area contributed by atoms with Crippen LogP contribution in [0.25, 0.3) is 0 Å². The topological polar surface area (TPSA) is 46.5 Å². The zero-order valence-corrected chi connectivity index (χ0v) is 13.2. The molecule has 0 bridgehead atoms. The van der Waals surface area contributed by atoms with Crippen LogP contribution in [0.2, 0.25) is 0 Å². The molecule has 0 aliphatic carbocycles. The van der Waals surface area contributed by atoms with E-state index in [-0.39, 0.29) is 18.0 Å². The average Bonchev–Trinajstić information content (AvgIpc) is 2.38. The van der Waals surface area contributed by atoms with E-state index in [2.05, 4.69) is 31.9 Å². The number of halogens is 3. The van der Waals surface area contributed by atoms with Gasteiger partial charge in [-0.3, -0.25) is 0 Å². The Hall–Kier alpha value is -1.40. The Morgan fingerprint density at radius 1 is 1.15 bits per heavy atom. The SMILES string of the molecule is O=C(O)c1ccc(OCc2ccc(F)cc2Br)c(Br)c1. The van der Waals surface area contributed by atoms with Crippen molar-refractivity contribution in [3.8, 4) is 5.75 Å². The fourth-order valence-electron chi connectivity index (χ4n) is 1.55. The van der Waals surface area contributed by atoms with Crippen molar-refractivity contribution in [2.45, 2.75) is 6.61 Å². The van der Waals surface area contributed by atoms with Crippen molar-refractivity contribution in [3.63, 3.8) is 0 Å². The third kappa shape index (κ3) is 3.58. The number of benzene rings is 2. The lowest BCUT2D eigenvalue weighted by atomic mass is 10.2. The van der Waals surface area contributed by atoms with Crippen LogP contribution in [0.5, 0.6) is 5.75 Å².